The molecule has 0 radical (unpaired) electrons. The highest BCUT2D eigenvalue weighted by Crippen LogP contribution is 2.17. The molecule has 0 spiro atoms. The molecule has 0 aliphatic heterocycles. The van der Waals surface area contributed by atoms with E-state index in [9.17, 15) is 5.11 Å². The van der Waals surface area contributed by atoms with Crippen LogP contribution in [0.3, 0.4) is 0 Å². The normalized spacial score (nSPS) is 14.8. The molecule has 0 fully saturated rings. The first-order chi connectivity index (χ1) is 8.39. The smallest absolute Gasteiger partial charge is 0.0672 e. The zero-order valence-electron chi connectivity index (χ0n) is 11.5. The van der Waals surface area contributed by atoms with Crippen LogP contribution < -0.4 is 5.32 Å². The third-order valence-electron chi connectivity index (χ3n) is 2.89. The van der Waals surface area contributed by atoms with Crippen LogP contribution in [0, 0.1) is 9.49 Å². The van der Waals surface area contributed by atoms with Gasteiger partial charge in [0.2, 0.25) is 0 Å². The molecule has 1 aromatic carbocycles. The van der Waals surface area contributed by atoms with E-state index in [1.807, 2.05) is 6.92 Å². The van der Waals surface area contributed by atoms with Gasteiger partial charge in [-0.05, 0) is 72.6 Å². The lowest BCUT2D eigenvalue weighted by molar-refractivity contribution is 0.0514. The molecule has 0 amide bonds. The van der Waals surface area contributed by atoms with Gasteiger partial charge in [0, 0.05) is 9.99 Å². The summed E-state index contributed by atoms with van der Waals surface area (Å²) in [7, 11) is 0. The zero-order valence-corrected chi connectivity index (χ0v) is 13.7. The van der Waals surface area contributed by atoms with Gasteiger partial charge < -0.3 is 10.4 Å². The van der Waals surface area contributed by atoms with Crippen LogP contribution in [0.2, 0.25) is 0 Å². The Hall–Kier alpha value is -0.130. The predicted octanol–water partition coefficient (Wildman–Crippen LogP) is 3.22. The minimum Gasteiger partial charge on any atom is -0.390 e. The first kappa shape index (κ1) is 15.9. The highest BCUT2D eigenvalue weighted by Gasteiger charge is 2.20. The van der Waals surface area contributed by atoms with Crippen molar-refractivity contribution in [1.29, 1.82) is 0 Å². The molecule has 0 bridgehead atoms. The van der Waals surface area contributed by atoms with Gasteiger partial charge in [0.1, 0.15) is 0 Å². The minimum absolute atomic E-state index is 0.628. The van der Waals surface area contributed by atoms with Gasteiger partial charge in [-0.15, -0.1) is 0 Å². The van der Waals surface area contributed by atoms with Crippen LogP contribution in [0.1, 0.15) is 32.8 Å². The molecule has 102 valence electrons. The molecular weight excluding hydrogens is 337 g/mol. The summed E-state index contributed by atoms with van der Waals surface area (Å²) < 4.78 is 1.23. The summed E-state index contributed by atoms with van der Waals surface area (Å²) in [4.78, 5) is 0. The van der Waals surface area contributed by atoms with E-state index in [0.717, 1.165) is 19.5 Å². The molecule has 1 atom stereocenters. The second kappa shape index (κ2) is 7.46. The van der Waals surface area contributed by atoms with Crippen molar-refractivity contribution in [3.63, 3.8) is 0 Å². The van der Waals surface area contributed by atoms with Crippen molar-refractivity contribution in [2.24, 2.45) is 5.92 Å². The molecule has 0 saturated carbocycles. The number of hydrogen-bond acceptors (Lipinski definition) is 2. The van der Waals surface area contributed by atoms with Crippen LogP contribution in [0.25, 0.3) is 0 Å². The van der Waals surface area contributed by atoms with Gasteiger partial charge in [0.15, 0.2) is 0 Å². The predicted molar refractivity (Wildman–Crippen MR) is 85.8 cm³/mol. The van der Waals surface area contributed by atoms with Crippen molar-refractivity contribution in [2.75, 3.05) is 13.1 Å². The van der Waals surface area contributed by atoms with Crippen LogP contribution >= 0.6 is 22.6 Å². The van der Waals surface area contributed by atoms with E-state index in [-0.39, 0.29) is 0 Å². The molecule has 0 aliphatic rings. The number of aliphatic hydroxyl groups is 1. The lowest BCUT2D eigenvalue weighted by Gasteiger charge is -2.24. The quantitative estimate of drug-likeness (QED) is 0.577. The van der Waals surface area contributed by atoms with E-state index in [0.29, 0.717) is 12.3 Å². The van der Waals surface area contributed by atoms with Crippen LogP contribution in [-0.2, 0) is 6.42 Å². The molecular formula is C15H24INO. The summed E-state index contributed by atoms with van der Waals surface area (Å²) in [6.45, 7) is 8.19. The Labute approximate surface area is 124 Å². The molecule has 1 rings (SSSR count). The Morgan fingerprint density at radius 1 is 1.28 bits per heavy atom. The van der Waals surface area contributed by atoms with E-state index in [2.05, 4.69) is 66.0 Å². The van der Waals surface area contributed by atoms with Gasteiger partial charge in [-0.25, -0.2) is 0 Å². The summed E-state index contributed by atoms with van der Waals surface area (Å²) in [5.41, 5.74) is 0.570. The van der Waals surface area contributed by atoms with E-state index in [1.54, 1.807) is 0 Å². The van der Waals surface area contributed by atoms with Crippen molar-refractivity contribution in [3.05, 3.63) is 33.4 Å². The average molecular weight is 361 g/mol. The fourth-order valence-electron chi connectivity index (χ4n) is 1.88. The third kappa shape index (κ3) is 6.71. The largest absolute Gasteiger partial charge is 0.390 e. The molecule has 0 aliphatic carbocycles. The molecule has 1 unspecified atom stereocenters. The second-order valence-corrected chi connectivity index (χ2v) is 6.89. The molecule has 18 heavy (non-hydrogen) atoms. The Morgan fingerprint density at radius 3 is 2.44 bits per heavy atom. The van der Waals surface area contributed by atoms with E-state index < -0.39 is 5.60 Å². The number of halogens is 1. The molecule has 2 nitrogen and oxygen atoms in total. The van der Waals surface area contributed by atoms with Gasteiger partial charge in [-0.2, -0.15) is 0 Å². The number of benzene rings is 1. The Bertz CT molecular complexity index is 346. The summed E-state index contributed by atoms with van der Waals surface area (Å²) in [5, 5.41) is 13.7. The maximum atomic E-state index is 10.4. The Kier molecular flexibility index (Phi) is 6.60. The molecule has 0 heterocycles. The van der Waals surface area contributed by atoms with Crippen molar-refractivity contribution in [2.45, 2.75) is 39.2 Å². The monoisotopic (exact) mass is 361 g/mol. The van der Waals surface area contributed by atoms with Crippen molar-refractivity contribution >= 4 is 22.6 Å². The lowest BCUT2D eigenvalue weighted by atomic mass is 9.93. The molecule has 1 aromatic rings. The Balaban J connectivity index is 2.36. The van der Waals surface area contributed by atoms with Crippen LogP contribution in [0.4, 0.5) is 0 Å². The highest BCUT2D eigenvalue weighted by molar-refractivity contribution is 14.1. The first-order valence-electron chi connectivity index (χ1n) is 6.56. The van der Waals surface area contributed by atoms with Gasteiger partial charge in [-0.3, -0.25) is 0 Å². The van der Waals surface area contributed by atoms with E-state index >= 15 is 0 Å². The van der Waals surface area contributed by atoms with Gasteiger partial charge >= 0.3 is 0 Å². The fraction of sp³-hybridized carbons (Fsp3) is 0.600. The third-order valence-corrected chi connectivity index (χ3v) is 3.61. The minimum atomic E-state index is -0.628. The maximum absolute atomic E-state index is 10.4. The zero-order chi connectivity index (χ0) is 13.6. The van der Waals surface area contributed by atoms with E-state index in [1.165, 1.54) is 9.13 Å². The molecule has 0 aromatic heterocycles. The van der Waals surface area contributed by atoms with Crippen LogP contribution in [-0.4, -0.2) is 23.8 Å². The number of nitrogens with one attached hydrogen (secondary N) is 1. The van der Waals surface area contributed by atoms with Crippen molar-refractivity contribution in [3.8, 4) is 0 Å². The van der Waals surface area contributed by atoms with Gasteiger partial charge in [0.25, 0.3) is 0 Å². The topological polar surface area (TPSA) is 32.3 Å². The van der Waals surface area contributed by atoms with Crippen molar-refractivity contribution in [1.82, 2.24) is 5.32 Å². The standard InChI is InChI=1S/C15H24INO/c1-12(2)11-17-9-8-15(3,18)10-13-4-6-14(16)7-5-13/h4-7,12,17-18H,8-11H2,1-3H3. The SMILES string of the molecule is CC(C)CNCCC(C)(O)Cc1ccc(I)cc1. The second-order valence-electron chi connectivity index (χ2n) is 5.65. The van der Waals surface area contributed by atoms with Gasteiger partial charge in [0.05, 0.1) is 5.60 Å². The summed E-state index contributed by atoms with van der Waals surface area (Å²) in [6.07, 6.45) is 1.50. The lowest BCUT2D eigenvalue weighted by Crippen LogP contribution is -2.33. The van der Waals surface area contributed by atoms with Crippen LogP contribution in [0.5, 0.6) is 0 Å². The first-order valence-corrected chi connectivity index (χ1v) is 7.64. The number of hydrogen-bond donors (Lipinski definition) is 2. The molecule has 2 N–H and O–H groups in total. The Morgan fingerprint density at radius 2 is 1.89 bits per heavy atom. The molecule has 0 saturated heterocycles. The van der Waals surface area contributed by atoms with Gasteiger partial charge in [-0.1, -0.05) is 26.0 Å². The van der Waals surface area contributed by atoms with Crippen molar-refractivity contribution < 1.29 is 5.11 Å². The van der Waals surface area contributed by atoms with E-state index in [4.69, 9.17) is 0 Å². The summed E-state index contributed by atoms with van der Waals surface area (Å²) in [5.74, 6) is 0.658. The summed E-state index contributed by atoms with van der Waals surface area (Å²) in [6, 6.07) is 8.36. The highest BCUT2D eigenvalue weighted by atomic mass is 127. The molecule has 3 heteroatoms. The summed E-state index contributed by atoms with van der Waals surface area (Å²) >= 11 is 2.29. The average Bonchev–Trinajstić information content (AvgIpc) is 2.27. The number of rotatable bonds is 7. The maximum Gasteiger partial charge on any atom is 0.0672 e. The fourth-order valence-corrected chi connectivity index (χ4v) is 2.24. The van der Waals surface area contributed by atoms with Crippen LogP contribution in [0.15, 0.2) is 24.3 Å².